The zero-order valence-electron chi connectivity index (χ0n) is 21.0. The van der Waals surface area contributed by atoms with E-state index in [0.29, 0.717) is 46.3 Å². The number of hydrogen-bond donors (Lipinski definition) is 0. The molecule has 0 N–H and O–H groups in total. The highest BCUT2D eigenvalue weighted by Crippen LogP contribution is 2.17. The van der Waals surface area contributed by atoms with Gasteiger partial charge in [0, 0.05) is 12.1 Å². The Labute approximate surface area is 217 Å². The first-order chi connectivity index (χ1) is 18.2. The summed E-state index contributed by atoms with van der Waals surface area (Å²) < 4.78 is 30.7. The highest BCUT2D eigenvalue weighted by atomic mass is 16.5. The lowest BCUT2D eigenvalue weighted by Gasteiger charge is -2.06. The maximum Gasteiger partial charge on any atom is 0.252 e. The molecule has 37 heavy (non-hydrogen) atoms. The molecule has 0 atom stereocenters. The molecular weight excluding hydrogens is 468 g/mol. The van der Waals surface area contributed by atoms with E-state index in [0.717, 1.165) is 22.9 Å². The van der Waals surface area contributed by atoms with Crippen LogP contribution in [0.2, 0.25) is 0 Å². The molecule has 0 fully saturated rings. The summed E-state index contributed by atoms with van der Waals surface area (Å²) >= 11 is 0. The zero-order valence-corrected chi connectivity index (χ0v) is 21.0. The Morgan fingerprint density at radius 1 is 0.676 bits per heavy atom. The van der Waals surface area contributed by atoms with Gasteiger partial charge in [0.15, 0.2) is 0 Å². The summed E-state index contributed by atoms with van der Waals surface area (Å²) in [6.07, 6.45) is 15.7. The molecule has 0 spiro atoms. The molecule has 0 amide bonds. The van der Waals surface area contributed by atoms with Crippen LogP contribution >= 0.6 is 0 Å². The molecule has 2 heterocycles. The van der Waals surface area contributed by atoms with Gasteiger partial charge >= 0.3 is 0 Å². The Kier molecular flexibility index (Phi) is 9.69. The maximum absolute atomic E-state index is 5.80. The Morgan fingerprint density at radius 2 is 1.16 bits per heavy atom. The summed E-state index contributed by atoms with van der Waals surface area (Å²) in [4.78, 5) is 0. The molecule has 0 aliphatic carbocycles. The Morgan fingerprint density at radius 3 is 1.62 bits per heavy atom. The molecule has 8 heteroatoms. The monoisotopic (exact) mass is 502 g/mol. The van der Waals surface area contributed by atoms with E-state index in [-0.39, 0.29) is 0 Å². The van der Waals surface area contributed by atoms with Crippen molar-refractivity contribution in [2.75, 3.05) is 39.6 Å². The number of benzene rings is 2. The molecule has 0 unspecified atom stereocenters. The van der Waals surface area contributed by atoms with E-state index in [1.807, 2.05) is 61.2 Å². The molecule has 192 valence electrons. The smallest absolute Gasteiger partial charge is 0.252 e. The highest BCUT2D eigenvalue weighted by molar-refractivity contribution is 5.39. The molecule has 0 bridgehead atoms. The van der Waals surface area contributed by atoms with E-state index in [1.54, 1.807) is 12.2 Å². The quantitative estimate of drug-likeness (QED) is 0.134. The van der Waals surface area contributed by atoms with Gasteiger partial charge in [-0.05, 0) is 24.3 Å². The predicted octanol–water partition coefficient (Wildman–Crippen LogP) is 3.51. The second kappa shape index (κ2) is 13.8. The number of ether oxygens (including phenoxy) is 4. The molecule has 4 rings (SSSR count). The van der Waals surface area contributed by atoms with E-state index in [2.05, 4.69) is 56.2 Å². The van der Waals surface area contributed by atoms with Crippen molar-refractivity contribution < 1.29 is 28.1 Å². The van der Waals surface area contributed by atoms with Gasteiger partial charge in [0.2, 0.25) is 6.67 Å². The van der Waals surface area contributed by atoms with Crippen LogP contribution in [0.3, 0.4) is 0 Å². The van der Waals surface area contributed by atoms with Crippen LogP contribution in [-0.4, -0.2) is 48.8 Å². The van der Waals surface area contributed by atoms with E-state index >= 15 is 0 Å². The van der Waals surface area contributed by atoms with Gasteiger partial charge in [-0.15, -0.1) is 13.2 Å². The van der Waals surface area contributed by atoms with Gasteiger partial charge < -0.3 is 18.9 Å². The van der Waals surface area contributed by atoms with Crippen LogP contribution in [0.5, 0.6) is 11.5 Å². The van der Waals surface area contributed by atoms with Gasteiger partial charge in [-0.2, -0.15) is 9.13 Å². The first-order valence-corrected chi connectivity index (χ1v) is 12.2. The molecule has 0 saturated heterocycles. The first kappa shape index (κ1) is 25.9. The van der Waals surface area contributed by atoms with Crippen LogP contribution in [0, 0.1) is 0 Å². The molecule has 0 aliphatic heterocycles. The van der Waals surface area contributed by atoms with Crippen LogP contribution < -0.4 is 18.6 Å². The van der Waals surface area contributed by atoms with Crippen molar-refractivity contribution in [2.24, 2.45) is 0 Å². The minimum atomic E-state index is 0.496. The normalized spacial score (nSPS) is 10.8. The third kappa shape index (κ3) is 7.93. The molecular formula is C29H34N4O4+2. The summed E-state index contributed by atoms with van der Waals surface area (Å²) in [5, 5.41) is 0. The molecule has 0 radical (unpaired) electrons. The summed E-state index contributed by atoms with van der Waals surface area (Å²) in [5.41, 5.74) is 2.05. The fraction of sp³-hybridized carbons (Fsp3) is 0.241. The summed E-state index contributed by atoms with van der Waals surface area (Å²) in [6.45, 7) is 11.1. The average molecular weight is 503 g/mol. The van der Waals surface area contributed by atoms with E-state index in [9.17, 15) is 0 Å². The van der Waals surface area contributed by atoms with Crippen molar-refractivity contribution in [2.45, 2.75) is 6.67 Å². The molecule has 2 aromatic carbocycles. The minimum absolute atomic E-state index is 0.496. The van der Waals surface area contributed by atoms with Gasteiger partial charge in [-0.1, -0.05) is 24.3 Å². The Balaban J connectivity index is 1.33. The fourth-order valence-corrected chi connectivity index (χ4v) is 3.69. The second-order valence-corrected chi connectivity index (χ2v) is 8.23. The van der Waals surface area contributed by atoms with Crippen LogP contribution in [0.1, 0.15) is 0 Å². The first-order valence-electron chi connectivity index (χ1n) is 12.2. The van der Waals surface area contributed by atoms with Crippen molar-refractivity contribution in [3.8, 4) is 22.9 Å². The van der Waals surface area contributed by atoms with Crippen LogP contribution in [0.4, 0.5) is 0 Å². The van der Waals surface area contributed by atoms with Crippen molar-refractivity contribution in [3.63, 3.8) is 0 Å². The summed E-state index contributed by atoms with van der Waals surface area (Å²) in [5.74, 6) is 1.61. The molecule has 2 aromatic heterocycles. The number of aromatic nitrogens is 4. The fourth-order valence-electron chi connectivity index (χ4n) is 3.69. The van der Waals surface area contributed by atoms with E-state index in [4.69, 9.17) is 18.9 Å². The third-order valence-electron chi connectivity index (χ3n) is 5.41. The van der Waals surface area contributed by atoms with Crippen LogP contribution in [0.15, 0.2) is 111 Å². The van der Waals surface area contributed by atoms with Crippen molar-refractivity contribution in [3.05, 3.63) is 111 Å². The van der Waals surface area contributed by atoms with Gasteiger partial charge in [0.1, 0.15) is 60.9 Å². The number of imidazole rings is 2. The summed E-state index contributed by atoms with van der Waals surface area (Å²) in [6, 6.07) is 16.0. The minimum Gasteiger partial charge on any atom is -0.491 e. The third-order valence-corrected chi connectivity index (χ3v) is 5.41. The standard InChI is InChI=1S/C29H34N4O4/c1-3-15-34-17-19-36-28-9-5-7-26(21-28)32-13-11-30(24-32)23-31-12-14-33(25-31)27-8-6-10-29(22-27)37-20-18-35-16-4-2/h3-14,21-22,24-25H,1-2,15-20,23H2/q+2. The van der Waals surface area contributed by atoms with E-state index < -0.39 is 0 Å². The second-order valence-electron chi connectivity index (χ2n) is 8.23. The van der Waals surface area contributed by atoms with Crippen molar-refractivity contribution in [1.82, 2.24) is 9.13 Å². The number of hydrogen-bond acceptors (Lipinski definition) is 4. The van der Waals surface area contributed by atoms with Crippen LogP contribution in [0.25, 0.3) is 11.4 Å². The van der Waals surface area contributed by atoms with Gasteiger partial charge in [0.25, 0.3) is 12.7 Å². The maximum atomic E-state index is 5.80. The average Bonchev–Trinajstić information content (AvgIpc) is 3.59. The SMILES string of the molecule is C=CCOCCOc1cccc(-n2cc[n+](C[n+]3ccn(-c4cccc(OCCOCC=C)c4)c3)c2)c1. The topological polar surface area (TPSA) is 54.5 Å². The lowest BCUT2D eigenvalue weighted by molar-refractivity contribution is -0.912. The van der Waals surface area contributed by atoms with Crippen molar-refractivity contribution >= 4 is 0 Å². The molecule has 0 aliphatic rings. The lowest BCUT2D eigenvalue weighted by atomic mass is 10.3. The Bertz CT molecular complexity index is 1180. The van der Waals surface area contributed by atoms with Gasteiger partial charge in [-0.25, -0.2) is 9.13 Å². The number of nitrogens with zero attached hydrogens (tertiary/aromatic N) is 4. The predicted molar refractivity (Wildman–Crippen MR) is 140 cm³/mol. The summed E-state index contributed by atoms with van der Waals surface area (Å²) in [7, 11) is 0. The van der Waals surface area contributed by atoms with Gasteiger partial charge in [0.05, 0.1) is 26.4 Å². The largest absolute Gasteiger partial charge is 0.491 e. The van der Waals surface area contributed by atoms with Gasteiger partial charge in [-0.3, -0.25) is 0 Å². The molecule has 8 nitrogen and oxygen atoms in total. The highest BCUT2D eigenvalue weighted by Gasteiger charge is 2.13. The molecule has 4 aromatic rings. The van der Waals surface area contributed by atoms with Crippen molar-refractivity contribution in [1.29, 1.82) is 0 Å². The number of rotatable bonds is 16. The van der Waals surface area contributed by atoms with E-state index in [1.165, 1.54) is 0 Å². The Hall–Kier alpha value is -4.14. The molecule has 0 saturated carbocycles. The lowest BCUT2D eigenvalue weighted by Crippen LogP contribution is -2.49. The zero-order chi connectivity index (χ0) is 25.7. The van der Waals surface area contributed by atoms with Crippen LogP contribution in [-0.2, 0) is 16.1 Å².